The van der Waals surface area contributed by atoms with Crippen molar-refractivity contribution in [2.45, 2.75) is 25.3 Å². The first-order valence-electron chi connectivity index (χ1n) is 7.76. The van der Waals surface area contributed by atoms with Crippen molar-refractivity contribution >= 4 is 46.2 Å². The van der Waals surface area contributed by atoms with E-state index in [9.17, 15) is 4.79 Å². The van der Waals surface area contributed by atoms with Gasteiger partial charge in [0.2, 0.25) is 5.91 Å². The maximum absolute atomic E-state index is 12.4. The Balaban J connectivity index is 1.51. The van der Waals surface area contributed by atoms with E-state index in [2.05, 4.69) is 20.5 Å². The highest BCUT2D eigenvalue weighted by atomic mass is 35.5. The lowest BCUT2D eigenvalue weighted by atomic mass is 10.2. The number of halogens is 1. The van der Waals surface area contributed by atoms with E-state index in [0.717, 1.165) is 11.3 Å². The van der Waals surface area contributed by atoms with Crippen LogP contribution in [0.25, 0.3) is 11.4 Å². The molecule has 2 heterocycles. The summed E-state index contributed by atoms with van der Waals surface area (Å²) in [7, 11) is 0. The number of benzene rings is 1. The number of thiazole rings is 1. The molecule has 0 atom stereocenters. The predicted molar refractivity (Wildman–Crippen MR) is 101 cm³/mol. The first-order chi connectivity index (χ1) is 12.1. The molecule has 2 aromatic heterocycles. The highest BCUT2D eigenvalue weighted by Gasteiger charge is 2.26. The molecular formula is C16H14ClN5OS2. The quantitative estimate of drug-likeness (QED) is 0.638. The summed E-state index contributed by atoms with van der Waals surface area (Å²) in [5, 5.41) is 13.1. The number of hydrogen-bond donors (Lipinski definition) is 2. The maximum Gasteiger partial charge on any atom is 0.246 e. The number of anilines is 1. The van der Waals surface area contributed by atoms with Crippen molar-refractivity contribution < 1.29 is 4.79 Å². The molecule has 2 N–H and O–H groups in total. The van der Waals surface area contributed by atoms with Crippen molar-refractivity contribution in [1.82, 2.24) is 19.7 Å². The number of amides is 1. The molecule has 4 rings (SSSR count). The smallest absolute Gasteiger partial charge is 0.246 e. The van der Waals surface area contributed by atoms with Crippen LogP contribution in [0, 0.1) is 4.77 Å². The summed E-state index contributed by atoms with van der Waals surface area (Å²) in [5.74, 6) is 0.972. The van der Waals surface area contributed by atoms with Gasteiger partial charge in [0.1, 0.15) is 6.54 Å². The van der Waals surface area contributed by atoms with E-state index in [1.165, 1.54) is 24.2 Å². The van der Waals surface area contributed by atoms with Crippen molar-refractivity contribution in [3.63, 3.8) is 0 Å². The van der Waals surface area contributed by atoms with Crippen molar-refractivity contribution in [2.24, 2.45) is 0 Å². The minimum atomic E-state index is -0.190. The molecule has 1 aliphatic carbocycles. The largest absolute Gasteiger partial charge is 0.300 e. The molecular weight excluding hydrogens is 378 g/mol. The molecule has 25 heavy (non-hydrogen) atoms. The highest BCUT2D eigenvalue weighted by Crippen LogP contribution is 2.40. The van der Waals surface area contributed by atoms with Gasteiger partial charge in [-0.15, -0.1) is 11.3 Å². The van der Waals surface area contributed by atoms with Gasteiger partial charge in [-0.25, -0.2) is 4.98 Å². The second kappa shape index (κ2) is 6.70. The number of nitrogens with one attached hydrogen (secondary N) is 2. The van der Waals surface area contributed by atoms with Crippen LogP contribution >= 0.6 is 35.2 Å². The minimum Gasteiger partial charge on any atom is -0.300 e. The van der Waals surface area contributed by atoms with Crippen molar-refractivity contribution in [1.29, 1.82) is 0 Å². The summed E-state index contributed by atoms with van der Waals surface area (Å²) in [5.41, 5.74) is 1.90. The fourth-order valence-corrected chi connectivity index (χ4v) is 3.63. The summed E-state index contributed by atoms with van der Waals surface area (Å²) >= 11 is 12.6. The zero-order valence-electron chi connectivity index (χ0n) is 13.0. The summed E-state index contributed by atoms with van der Waals surface area (Å²) in [6.45, 7) is 0.0611. The Kier molecular flexibility index (Phi) is 4.41. The van der Waals surface area contributed by atoms with Gasteiger partial charge in [0.25, 0.3) is 0 Å². The molecule has 1 aromatic carbocycles. The van der Waals surface area contributed by atoms with E-state index >= 15 is 0 Å². The van der Waals surface area contributed by atoms with E-state index in [4.69, 9.17) is 23.8 Å². The van der Waals surface area contributed by atoms with Gasteiger partial charge < -0.3 is 5.32 Å². The molecule has 6 nitrogen and oxygen atoms in total. The van der Waals surface area contributed by atoms with Crippen LogP contribution in [0.5, 0.6) is 0 Å². The van der Waals surface area contributed by atoms with Crippen LogP contribution < -0.4 is 5.32 Å². The third-order valence-corrected chi connectivity index (χ3v) is 5.27. The lowest BCUT2D eigenvalue weighted by Crippen LogP contribution is -2.19. The average molecular weight is 392 g/mol. The first-order valence-corrected chi connectivity index (χ1v) is 9.43. The molecule has 0 radical (unpaired) electrons. The van der Waals surface area contributed by atoms with Crippen LogP contribution in [0.2, 0.25) is 5.02 Å². The number of carbonyl (C=O) groups is 1. The molecule has 128 valence electrons. The summed E-state index contributed by atoms with van der Waals surface area (Å²) in [6, 6.07) is 7.22. The van der Waals surface area contributed by atoms with Crippen LogP contribution in [0.1, 0.15) is 24.5 Å². The lowest BCUT2D eigenvalue weighted by Gasteiger charge is -2.07. The number of H-pyrrole nitrogens is 1. The van der Waals surface area contributed by atoms with Crippen LogP contribution in [-0.2, 0) is 11.3 Å². The predicted octanol–water partition coefficient (Wildman–Crippen LogP) is 4.23. The standard InChI is InChI=1S/C16H14ClN5OS2/c17-11-5-3-10(4-6-11)14-20-21-16(24)22(14)7-13(23)19-15-18-12(8-25-15)9-1-2-9/h3-6,8-9H,1-2,7H2,(H,21,24)(H,18,19,23). The summed E-state index contributed by atoms with van der Waals surface area (Å²) in [6.07, 6.45) is 2.37. The van der Waals surface area contributed by atoms with Gasteiger partial charge in [-0.1, -0.05) is 11.6 Å². The molecule has 3 aromatic rings. The van der Waals surface area contributed by atoms with Crippen LogP contribution in [0.4, 0.5) is 5.13 Å². The fourth-order valence-electron chi connectivity index (χ4n) is 2.50. The van der Waals surface area contributed by atoms with Crippen LogP contribution in [-0.4, -0.2) is 25.7 Å². The monoisotopic (exact) mass is 391 g/mol. The normalized spacial score (nSPS) is 13.8. The Labute approximate surface area is 157 Å². The number of hydrogen-bond acceptors (Lipinski definition) is 5. The number of aromatic nitrogens is 4. The molecule has 0 saturated heterocycles. The van der Waals surface area contributed by atoms with Crippen molar-refractivity contribution in [3.05, 3.63) is 45.1 Å². The highest BCUT2D eigenvalue weighted by molar-refractivity contribution is 7.71. The van der Waals surface area contributed by atoms with E-state index in [1.54, 1.807) is 16.7 Å². The van der Waals surface area contributed by atoms with Crippen molar-refractivity contribution in [3.8, 4) is 11.4 Å². The van der Waals surface area contributed by atoms with Crippen molar-refractivity contribution in [2.75, 3.05) is 5.32 Å². The molecule has 9 heteroatoms. The summed E-state index contributed by atoms with van der Waals surface area (Å²) < 4.78 is 2.04. The first kappa shape index (κ1) is 16.4. The Hall–Kier alpha value is -2.03. The van der Waals surface area contributed by atoms with E-state index in [-0.39, 0.29) is 12.5 Å². The van der Waals surface area contributed by atoms with Gasteiger partial charge >= 0.3 is 0 Å². The third kappa shape index (κ3) is 3.65. The lowest BCUT2D eigenvalue weighted by molar-refractivity contribution is -0.116. The molecule has 1 amide bonds. The maximum atomic E-state index is 12.4. The van der Waals surface area contributed by atoms with Crippen LogP contribution in [0.15, 0.2) is 29.6 Å². The Bertz CT molecular complexity index is 971. The van der Waals surface area contributed by atoms with Gasteiger partial charge in [-0.05, 0) is 49.3 Å². The number of carbonyl (C=O) groups excluding carboxylic acids is 1. The molecule has 0 unspecified atom stereocenters. The molecule has 1 aliphatic rings. The average Bonchev–Trinajstić information content (AvgIpc) is 3.25. The fraction of sp³-hybridized carbons (Fsp3) is 0.250. The Morgan fingerprint density at radius 3 is 2.88 bits per heavy atom. The van der Waals surface area contributed by atoms with E-state index in [0.29, 0.717) is 26.7 Å². The van der Waals surface area contributed by atoms with Gasteiger partial charge in [0.05, 0.1) is 5.69 Å². The second-order valence-corrected chi connectivity index (χ2v) is 7.53. The van der Waals surface area contributed by atoms with Gasteiger partial charge in [0.15, 0.2) is 15.7 Å². The number of aromatic amines is 1. The second-order valence-electron chi connectivity index (χ2n) is 5.85. The van der Waals surface area contributed by atoms with E-state index < -0.39 is 0 Å². The molecule has 0 bridgehead atoms. The molecule has 0 aliphatic heterocycles. The Morgan fingerprint density at radius 2 is 2.16 bits per heavy atom. The topological polar surface area (TPSA) is 75.6 Å². The zero-order valence-corrected chi connectivity index (χ0v) is 15.4. The molecule has 1 saturated carbocycles. The number of nitrogens with zero attached hydrogens (tertiary/aromatic N) is 3. The minimum absolute atomic E-state index is 0.0611. The third-order valence-electron chi connectivity index (χ3n) is 3.93. The Morgan fingerprint density at radius 1 is 1.40 bits per heavy atom. The zero-order chi connectivity index (χ0) is 17.4. The molecule has 0 spiro atoms. The van der Waals surface area contributed by atoms with Crippen LogP contribution in [0.3, 0.4) is 0 Å². The van der Waals surface area contributed by atoms with Gasteiger partial charge in [-0.2, -0.15) is 5.10 Å². The summed E-state index contributed by atoms with van der Waals surface area (Å²) in [4.78, 5) is 16.9. The van der Waals surface area contributed by atoms with E-state index in [1.807, 2.05) is 17.5 Å². The van der Waals surface area contributed by atoms with Gasteiger partial charge in [-0.3, -0.25) is 14.5 Å². The molecule has 1 fully saturated rings. The number of rotatable bonds is 5. The van der Waals surface area contributed by atoms with Gasteiger partial charge in [0, 0.05) is 21.9 Å². The SMILES string of the molecule is O=C(Cn1c(-c2ccc(Cl)cc2)n[nH]c1=S)Nc1nc(C2CC2)cs1.